The molecule has 0 radical (unpaired) electrons. The summed E-state index contributed by atoms with van der Waals surface area (Å²) in [7, 11) is 4.45. The highest BCUT2D eigenvalue weighted by Crippen LogP contribution is 2.43. The van der Waals surface area contributed by atoms with E-state index in [0.29, 0.717) is 28.5 Å². The number of benzene rings is 2. The first-order valence-electron chi connectivity index (χ1n) is 13.7. The number of nitrogens with one attached hydrogen (secondary N) is 1. The second-order valence-corrected chi connectivity index (χ2v) is 11.1. The normalized spacial score (nSPS) is 14.1. The second kappa shape index (κ2) is 13.1. The van der Waals surface area contributed by atoms with Crippen molar-refractivity contribution >= 4 is 40.6 Å². The Morgan fingerprint density at radius 1 is 1.00 bits per heavy atom. The molecule has 1 fully saturated rings. The molecule has 0 bridgehead atoms. The topological polar surface area (TPSA) is 159 Å². The number of hydrogen-bond donors (Lipinski definition) is 3. The Hall–Kier alpha value is -4.32. The summed E-state index contributed by atoms with van der Waals surface area (Å²) in [5, 5.41) is 3.18. The summed E-state index contributed by atoms with van der Waals surface area (Å²) in [5.74, 6) is -0.855. The van der Waals surface area contributed by atoms with Gasteiger partial charge in [0.25, 0.3) is 11.8 Å². The highest BCUT2D eigenvalue weighted by atomic mass is 32.1. The smallest absolute Gasteiger partial charge is 0.273 e. The molecule has 0 spiro atoms. The van der Waals surface area contributed by atoms with Crippen LogP contribution in [0.3, 0.4) is 0 Å². The van der Waals surface area contributed by atoms with Gasteiger partial charge in [-0.3, -0.25) is 19.3 Å². The number of carbonyl (C=O) groups excluding carboxylic acids is 3. The maximum Gasteiger partial charge on any atom is 0.273 e. The summed E-state index contributed by atoms with van der Waals surface area (Å²) in [4.78, 5) is 42.2. The average molecular weight is 596 g/mol. The van der Waals surface area contributed by atoms with Crippen LogP contribution in [0.1, 0.15) is 75.0 Å². The maximum absolute atomic E-state index is 14.5. The molecule has 1 heterocycles. The SMILES string of the molecule is COc1cc(C(C(=O)NC2CCCCC2)N(C(=O)c2snc(C(N)=O)c2N)c2ccc(C)cc2C)cc(OC)c1OC. The van der Waals surface area contributed by atoms with Crippen LogP contribution in [0, 0.1) is 13.8 Å². The zero-order chi connectivity index (χ0) is 30.6. The molecule has 1 unspecified atom stereocenters. The molecule has 1 aliphatic carbocycles. The molecule has 1 aliphatic rings. The van der Waals surface area contributed by atoms with Crippen LogP contribution in [0.2, 0.25) is 0 Å². The van der Waals surface area contributed by atoms with E-state index in [1.807, 2.05) is 26.0 Å². The van der Waals surface area contributed by atoms with E-state index in [4.69, 9.17) is 25.7 Å². The Balaban J connectivity index is 1.97. The van der Waals surface area contributed by atoms with Gasteiger partial charge in [-0.2, -0.15) is 4.37 Å². The Morgan fingerprint density at radius 3 is 2.17 bits per heavy atom. The lowest BCUT2D eigenvalue weighted by Gasteiger charge is -2.34. The molecule has 1 atom stereocenters. The van der Waals surface area contributed by atoms with E-state index in [1.54, 1.807) is 18.2 Å². The van der Waals surface area contributed by atoms with Crippen molar-refractivity contribution in [3.05, 3.63) is 57.6 Å². The fourth-order valence-corrected chi connectivity index (χ4v) is 6.13. The van der Waals surface area contributed by atoms with Gasteiger partial charge in [-0.25, -0.2) is 0 Å². The third kappa shape index (κ3) is 6.13. The molecule has 5 N–H and O–H groups in total. The zero-order valence-electron chi connectivity index (χ0n) is 24.5. The summed E-state index contributed by atoms with van der Waals surface area (Å²) < 4.78 is 20.7. The minimum atomic E-state index is -1.19. The van der Waals surface area contributed by atoms with E-state index < -0.39 is 17.9 Å². The van der Waals surface area contributed by atoms with Gasteiger partial charge in [0, 0.05) is 11.7 Å². The average Bonchev–Trinajstić information content (AvgIpc) is 3.37. The van der Waals surface area contributed by atoms with Crippen LogP contribution in [-0.4, -0.2) is 49.5 Å². The second-order valence-electron chi connectivity index (χ2n) is 10.3. The number of rotatable bonds is 10. The summed E-state index contributed by atoms with van der Waals surface area (Å²) in [5.41, 5.74) is 14.0. The number of nitrogen functional groups attached to an aromatic ring is 1. The number of nitrogens with zero attached hydrogens (tertiary/aromatic N) is 2. The number of primary amides is 1. The van der Waals surface area contributed by atoms with Crippen molar-refractivity contribution in [1.29, 1.82) is 0 Å². The highest BCUT2D eigenvalue weighted by Gasteiger charge is 2.38. The van der Waals surface area contributed by atoms with Crippen molar-refractivity contribution in [2.75, 3.05) is 32.0 Å². The van der Waals surface area contributed by atoms with Crippen LogP contribution in [0.15, 0.2) is 30.3 Å². The fraction of sp³-hybridized carbons (Fsp3) is 0.400. The first-order chi connectivity index (χ1) is 20.1. The molecule has 42 heavy (non-hydrogen) atoms. The number of hydrogen-bond acceptors (Lipinski definition) is 9. The maximum atomic E-state index is 14.5. The van der Waals surface area contributed by atoms with Gasteiger partial charge in [0.15, 0.2) is 17.2 Å². The summed E-state index contributed by atoms with van der Waals surface area (Å²) in [6, 6.07) is 7.65. The molecule has 224 valence electrons. The predicted molar refractivity (Wildman–Crippen MR) is 162 cm³/mol. The van der Waals surface area contributed by atoms with E-state index in [1.165, 1.54) is 26.2 Å². The van der Waals surface area contributed by atoms with Crippen LogP contribution in [-0.2, 0) is 4.79 Å². The van der Waals surface area contributed by atoms with Crippen molar-refractivity contribution in [2.24, 2.45) is 5.73 Å². The lowest BCUT2D eigenvalue weighted by atomic mass is 9.94. The quantitative estimate of drug-likeness (QED) is 0.313. The molecule has 2 aromatic carbocycles. The third-order valence-corrected chi connectivity index (χ3v) is 8.30. The molecule has 3 amide bonds. The first kappa shape index (κ1) is 30.6. The Bertz CT molecular complexity index is 1460. The number of ether oxygens (including phenoxy) is 3. The number of anilines is 2. The van der Waals surface area contributed by atoms with Crippen LogP contribution in [0.4, 0.5) is 11.4 Å². The number of nitrogens with two attached hydrogens (primary N) is 2. The summed E-state index contributed by atoms with van der Waals surface area (Å²) in [6.45, 7) is 3.80. The highest BCUT2D eigenvalue weighted by molar-refractivity contribution is 7.09. The Morgan fingerprint density at radius 2 is 1.64 bits per heavy atom. The first-order valence-corrected chi connectivity index (χ1v) is 14.4. The molecule has 11 nitrogen and oxygen atoms in total. The number of carbonyl (C=O) groups is 3. The number of aryl methyl sites for hydroxylation is 2. The van der Waals surface area contributed by atoms with Crippen LogP contribution < -0.4 is 35.9 Å². The van der Waals surface area contributed by atoms with E-state index in [0.717, 1.165) is 54.8 Å². The van der Waals surface area contributed by atoms with Crippen molar-refractivity contribution in [1.82, 2.24) is 9.69 Å². The van der Waals surface area contributed by atoms with Gasteiger partial charge >= 0.3 is 0 Å². The van der Waals surface area contributed by atoms with E-state index in [9.17, 15) is 14.4 Å². The molecule has 4 rings (SSSR count). The molecule has 0 saturated heterocycles. The van der Waals surface area contributed by atoms with Gasteiger partial charge < -0.3 is 31.0 Å². The minimum absolute atomic E-state index is 0.00770. The van der Waals surface area contributed by atoms with Gasteiger partial charge in [-0.1, -0.05) is 37.0 Å². The third-order valence-electron chi connectivity index (χ3n) is 7.45. The van der Waals surface area contributed by atoms with Crippen LogP contribution in [0.25, 0.3) is 0 Å². The van der Waals surface area contributed by atoms with Crippen molar-refractivity contribution < 1.29 is 28.6 Å². The molecule has 1 saturated carbocycles. The largest absolute Gasteiger partial charge is 0.493 e. The minimum Gasteiger partial charge on any atom is -0.493 e. The van der Waals surface area contributed by atoms with Gasteiger partial charge in [0.1, 0.15) is 10.9 Å². The molecule has 0 aliphatic heterocycles. The number of methoxy groups -OCH3 is 3. The van der Waals surface area contributed by atoms with Crippen molar-refractivity contribution in [2.45, 2.75) is 58.0 Å². The van der Waals surface area contributed by atoms with Gasteiger partial charge in [0.2, 0.25) is 11.7 Å². The van der Waals surface area contributed by atoms with Crippen molar-refractivity contribution in [3.8, 4) is 17.2 Å². The molecule has 3 aromatic rings. The molecular formula is C30H37N5O6S. The predicted octanol–water partition coefficient (Wildman–Crippen LogP) is 4.30. The molecular weight excluding hydrogens is 558 g/mol. The van der Waals surface area contributed by atoms with E-state index in [2.05, 4.69) is 9.69 Å². The lowest BCUT2D eigenvalue weighted by Crippen LogP contribution is -2.47. The van der Waals surface area contributed by atoms with Crippen LogP contribution >= 0.6 is 11.5 Å². The van der Waals surface area contributed by atoms with Crippen LogP contribution in [0.5, 0.6) is 17.2 Å². The molecule has 12 heteroatoms. The van der Waals surface area contributed by atoms with Gasteiger partial charge in [0.05, 0.1) is 27.0 Å². The monoisotopic (exact) mass is 595 g/mol. The van der Waals surface area contributed by atoms with E-state index in [-0.39, 0.29) is 28.2 Å². The standard InChI is InChI=1S/C30H37N5O6S/c1-16-11-12-20(17(2)13-16)35(30(38)27-23(31)24(28(32)36)34-42-27)25(29(37)33-19-9-7-6-8-10-19)18-14-21(39-3)26(41-5)22(15-18)40-4/h11-15,19,25H,6-10,31H2,1-5H3,(H2,32,36)(H,33,37). The fourth-order valence-electron chi connectivity index (χ4n) is 5.38. The number of amides is 3. The van der Waals surface area contributed by atoms with Gasteiger partial charge in [-0.05, 0) is 67.5 Å². The molecule has 1 aromatic heterocycles. The van der Waals surface area contributed by atoms with Crippen molar-refractivity contribution in [3.63, 3.8) is 0 Å². The summed E-state index contributed by atoms with van der Waals surface area (Å²) in [6.07, 6.45) is 4.81. The summed E-state index contributed by atoms with van der Waals surface area (Å²) >= 11 is 0.758. The van der Waals surface area contributed by atoms with Gasteiger partial charge in [-0.15, -0.1) is 0 Å². The lowest BCUT2D eigenvalue weighted by molar-refractivity contribution is -0.123. The zero-order valence-corrected chi connectivity index (χ0v) is 25.3. The van der Waals surface area contributed by atoms with E-state index >= 15 is 0 Å². The number of aromatic nitrogens is 1. The Labute approximate surface area is 249 Å². The Kier molecular flexibility index (Phi) is 9.56.